The molecule has 0 bridgehead atoms. The second-order valence-electron chi connectivity index (χ2n) is 5.84. The zero-order valence-corrected chi connectivity index (χ0v) is 17.4. The van der Waals surface area contributed by atoms with Crippen LogP contribution in [0.15, 0.2) is 66.9 Å². The summed E-state index contributed by atoms with van der Waals surface area (Å²) in [5.74, 6) is 0.721. The first-order chi connectivity index (χ1) is 13.6. The van der Waals surface area contributed by atoms with Crippen LogP contribution in [0.4, 0.5) is 0 Å². The molecular formula is C21H28NO5P. The van der Waals surface area contributed by atoms with Gasteiger partial charge in [0.25, 0.3) is 0 Å². The average molecular weight is 405 g/mol. The van der Waals surface area contributed by atoms with Crippen LogP contribution in [-0.2, 0) is 25.1 Å². The van der Waals surface area contributed by atoms with Crippen LogP contribution >= 0.6 is 7.60 Å². The van der Waals surface area contributed by atoms with Crippen molar-refractivity contribution in [1.29, 1.82) is 0 Å². The van der Waals surface area contributed by atoms with Gasteiger partial charge in [-0.3, -0.25) is 14.9 Å². The van der Waals surface area contributed by atoms with Gasteiger partial charge in [0.2, 0.25) is 0 Å². The third kappa shape index (κ3) is 6.50. The largest absolute Gasteiger partial charge is 0.497 e. The molecule has 2 rings (SSSR count). The third-order valence-electron chi connectivity index (χ3n) is 3.93. The maximum absolute atomic E-state index is 13.4. The van der Waals surface area contributed by atoms with Crippen LogP contribution in [0, 0.1) is 0 Å². The second-order valence-corrected chi connectivity index (χ2v) is 8.00. The number of hydrogen-bond acceptors (Lipinski definition) is 6. The summed E-state index contributed by atoms with van der Waals surface area (Å²) < 4.78 is 29.7. The number of hydroxylamine groups is 1. The monoisotopic (exact) mass is 405 g/mol. The molecule has 0 aromatic heterocycles. The zero-order valence-electron chi connectivity index (χ0n) is 16.5. The van der Waals surface area contributed by atoms with Crippen molar-refractivity contribution in [3.05, 3.63) is 78.0 Å². The molecule has 2 aromatic carbocycles. The van der Waals surface area contributed by atoms with Crippen LogP contribution in [0.5, 0.6) is 5.75 Å². The Bertz CT molecular complexity index is 754. The van der Waals surface area contributed by atoms with Crippen molar-refractivity contribution in [3.8, 4) is 5.75 Å². The van der Waals surface area contributed by atoms with Crippen molar-refractivity contribution in [2.45, 2.75) is 26.1 Å². The fourth-order valence-corrected chi connectivity index (χ4v) is 4.59. The second kappa shape index (κ2) is 11.7. The minimum absolute atomic E-state index is 0.287. The molecule has 0 saturated heterocycles. The van der Waals surface area contributed by atoms with E-state index in [1.165, 1.54) is 0 Å². The van der Waals surface area contributed by atoms with Gasteiger partial charge < -0.3 is 13.8 Å². The summed E-state index contributed by atoms with van der Waals surface area (Å²) in [6.07, 6.45) is 3.35. The summed E-state index contributed by atoms with van der Waals surface area (Å²) in [6.45, 7) is 4.57. The smallest absolute Gasteiger partial charge is 0.341 e. The van der Waals surface area contributed by atoms with Gasteiger partial charge in [-0.05, 0) is 43.2 Å². The summed E-state index contributed by atoms with van der Waals surface area (Å²) in [5, 5.41) is 0. The van der Waals surface area contributed by atoms with E-state index in [2.05, 4.69) is 5.48 Å². The zero-order chi connectivity index (χ0) is 20.2. The molecule has 0 saturated carbocycles. The molecule has 6 nitrogen and oxygen atoms in total. The van der Waals surface area contributed by atoms with Gasteiger partial charge in [-0.25, -0.2) is 0 Å². The number of hydrogen-bond donors (Lipinski definition) is 1. The van der Waals surface area contributed by atoms with Gasteiger partial charge in [-0.1, -0.05) is 42.5 Å². The van der Waals surface area contributed by atoms with E-state index in [0.29, 0.717) is 6.61 Å². The van der Waals surface area contributed by atoms with E-state index in [1.54, 1.807) is 33.2 Å². The molecule has 0 aliphatic rings. The van der Waals surface area contributed by atoms with E-state index in [0.717, 1.165) is 16.9 Å². The minimum atomic E-state index is -3.40. The third-order valence-corrected chi connectivity index (χ3v) is 6.32. The molecule has 0 radical (unpaired) electrons. The summed E-state index contributed by atoms with van der Waals surface area (Å²) >= 11 is 0. The molecule has 1 N–H and O–H groups in total. The van der Waals surface area contributed by atoms with Gasteiger partial charge in [0.1, 0.15) is 11.4 Å². The number of allylic oxidation sites excluding steroid dienone is 1. The molecular weight excluding hydrogens is 377 g/mol. The first-order valence-corrected chi connectivity index (χ1v) is 10.8. The number of methoxy groups -OCH3 is 1. The maximum Gasteiger partial charge on any atom is 0.341 e. The van der Waals surface area contributed by atoms with Crippen molar-refractivity contribution in [3.63, 3.8) is 0 Å². The van der Waals surface area contributed by atoms with Crippen LogP contribution in [-0.4, -0.2) is 20.3 Å². The summed E-state index contributed by atoms with van der Waals surface area (Å²) in [4.78, 5) is 5.45. The SMILES string of the molecule is CCOP(=O)(OCC)C(C=CNOCc1ccccc1)c1ccc(OC)cc1. The molecule has 7 heteroatoms. The predicted octanol–water partition coefficient (Wildman–Crippen LogP) is 5.24. The van der Waals surface area contributed by atoms with E-state index in [1.807, 2.05) is 54.6 Å². The number of ether oxygens (including phenoxy) is 1. The highest BCUT2D eigenvalue weighted by molar-refractivity contribution is 7.54. The Labute approximate surface area is 167 Å². The highest BCUT2D eigenvalue weighted by Crippen LogP contribution is 2.61. The highest BCUT2D eigenvalue weighted by Gasteiger charge is 2.35. The van der Waals surface area contributed by atoms with Gasteiger partial charge in [-0.2, -0.15) is 0 Å². The average Bonchev–Trinajstić information content (AvgIpc) is 2.72. The van der Waals surface area contributed by atoms with E-state index in [4.69, 9.17) is 18.6 Å². The fourth-order valence-electron chi connectivity index (χ4n) is 2.64. The Hall–Kier alpha value is -2.11. The first kappa shape index (κ1) is 22.2. The van der Waals surface area contributed by atoms with E-state index in [9.17, 15) is 4.57 Å². The topological polar surface area (TPSA) is 66.0 Å². The van der Waals surface area contributed by atoms with Gasteiger partial charge in [-0.15, -0.1) is 0 Å². The van der Waals surface area contributed by atoms with Gasteiger partial charge in [0, 0.05) is 6.20 Å². The molecule has 2 aromatic rings. The number of benzene rings is 2. The molecule has 0 fully saturated rings. The number of nitrogens with one attached hydrogen (secondary N) is 1. The lowest BCUT2D eigenvalue weighted by molar-refractivity contribution is 0.0574. The van der Waals surface area contributed by atoms with Crippen molar-refractivity contribution in [2.75, 3.05) is 20.3 Å². The van der Waals surface area contributed by atoms with Crippen molar-refractivity contribution in [2.24, 2.45) is 0 Å². The predicted molar refractivity (Wildman–Crippen MR) is 110 cm³/mol. The van der Waals surface area contributed by atoms with Gasteiger partial charge in [0.05, 0.1) is 26.9 Å². The molecule has 1 atom stereocenters. The fraction of sp³-hybridized carbons (Fsp3) is 0.333. The van der Waals surface area contributed by atoms with E-state index >= 15 is 0 Å². The van der Waals surface area contributed by atoms with Crippen molar-refractivity contribution in [1.82, 2.24) is 5.48 Å². The Balaban J connectivity index is 2.13. The molecule has 28 heavy (non-hydrogen) atoms. The lowest BCUT2D eigenvalue weighted by Gasteiger charge is -2.24. The lowest BCUT2D eigenvalue weighted by atomic mass is 10.1. The summed E-state index contributed by atoms with van der Waals surface area (Å²) in [7, 11) is -1.80. The van der Waals surface area contributed by atoms with E-state index in [-0.39, 0.29) is 13.2 Å². The molecule has 0 aliphatic carbocycles. The Morgan fingerprint density at radius 1 is 1.00 bits per heavy atom. The van der Waals surface area contributed by atoms with Gasteiger partial charge in [0.15, 0.2) is 0 Å². The van der Waals surface area contributed by atoms with Crippen LogP contribution in [0.3, 0.4) is 0 Å². The molecule has 1 unspecified atom stereocenters. The Kier molecular flexibility index (Phi) is 9.24. The molecule has 0 spiro atoms. The van der Waals surface area contributed by atoms with Crippen LogP contribution in [0.1, 0.15) is 30.6 Å². The van der Waals surface area contributed by atoms with E-state index < -0.39 is 13.3 Å². The maximum atomic E-state index is 13.4. The summed E-state index contributed by atoms with van der Waals surface area (Å²) in [5.41, 5.74) is 4.04. The normalized spacial score (nSPS) is 12.8. The summed E-state index contributed by atoms with van der Waals surface area (Å²) in [6, 6.07) is 17.1. The van der Waals surface area contributed by atoms with Crippen LogP contribution in [0.25, 0.3) is 0 Å². The Morgan fingerprint density at radius 3 is 2.21 bits per heavy atom. The number of rotatable bonds is 12. The molecule has 0 heterocycles. The molecule has 0 amide bonds. The van der Waals surface area contributed by atoms with Crippen molar-refractivity contribution < 1.29 is 23.2 Å². The lowest BCUT2D eigenvalue weighted by Crippen LogP contribution is -2.09. The minimum Gasteiger partial charge on any atom is -0.497 e. The van der Waals surface area contributed by atoms with Gasteiger partial charge >= 0.3 is 7.60 Å². The first-order valence-electron chi connectivity index (χ1n) is 9.23. The Morgan fingerprint density at radius 2 is 1.64 bits per heavy atom. The molecule has 152 valence electrons. The highest BCUT2D eigenvalue weighted by atomic mass is 31.2. The van der Waals surface area contributed by atoms with Crippen LogP contribution in [0.2, 0.25) is 0 Å². The van der Waals surface area contributed by atoms with Crippen LogP contribution < -0.4 is 10.2 Å². The van der Waals surface area contributed by atoms with Crippen molar-refractivity contribution >= 4 is 7.60 Å². The standard InChI is InChI=1S/C21H28NO5P/c1-4-26-28(23,27-5-2)21(19-11-13-20(24-3)14-12-19)15-16-22-25-17-18-9-7-6-8-10-18/h6-16,21-22H,4-5,17H2,1-3H3. The molecule has 0 aliphatic heterocycles. The quantitative estimate of drug-likeness (QED) is 0.296.